The Bertz CT molecular complexity index is 584. The van der Waals surface area contributed by atoms with Crippen molar-refractivity contribution in [3.8, 4) is 11.4 Å². The van der Waals surface area contributed by atoms with E-state index < -0.39 is 0 Å². The van der Waals surface area contributed by atoms with Gasteiger partial charge in [0.2, 0.25) is 0 Å². The molecule has 4 heteroatoms. The molecular formula is C13H17N3S. The Morgan fingerprint density at radius 3 is 2.35 bits per heavy atom. The molecule has 0 aliphatic carbocycles. The highest BCUT2D eigenvalue weighted by Crippen LogP contribution is 2.26. The van der Waals surface area contributed by atoms with Crippen molar-refractivity contribution >= 4 is 12.2 Å². The van der Waals surface area contributed by atoms with Gasteiger partial charge in [0.15, 0.2) is 10.6 Å². The van der Waals surface area contributed by atoms with Crippen molar-refractivity contribution in [3.63, 3.8) is 0 Å². The molecule has 0 spiro atoms. The Kier molecular flexibility index (Phi) is 3.15. The summed E-state index contributed by atoms with van der Waals surface area (Å²) >= 11 is 5.23. The van der Waals surface area contributed by atoms with Gasteiger partial charge in [-0.05, 0) is 51.0 Å². The monoisotopic (exact) mass is 247 g/mol. The predicted molar refractivity (Wildman–Crippen MR) is 72.7 cm³/mol. The van der Waals surface area contributed by atoms with Crippen LogP contribution in [0.4, 0.5) is 0 Å². The molecule has 1 aromatic heterocycles. The molecule has 1 N–H and O–H groups in total. The minimum Gasteiger partial charge on any atom is -0.300 e. The minimum absolute atomic E-state index is 0.682. The van der Waals surface area contributed by atoms with Crippen molar-refractivity contribution in [3.05, 3.63) is 33.6 Å². The Labute approximate surface area is 106 Å². The van der Waals surface area contributed by atoms with Gasteiger partial charge in [-0.1, -0.05) is 17.7 Å². The predicted octanol–water partition coefficient (Wildman–Crippen LogP) is 3.55. The maximum absolute atomic E-state index is 5.23. The summed E-state index contributed by atoms with van der Waals surface area (Å²) in [6.45, 7) is 9.26. The summed E-state index contributed by atoms with van der Waals surface area (Å²) in [7, 11) is 0. The first-order chi connectivity index (χ1) is 8.04. The Morgan fingerprint density at radius 2 is 1.82 bits per heavy atom. The lowest BCUT2D eigenvalue weighted by molar-refractivity contribution is 0.754. The van der Waals surface area contributed by atoms with Crippen LogP contribution in [0.15, 0.2) is 12.1 Å². The van der Waals surface area contributed by atoms with Crippen LogP contribution in [0, 0.1) is 25.5 Å². The fourth-order valence-electron chi connectivity index (χ4n) is 2.33. The number of aryl methyl sites for hydroxylation is 3. The molecule has 0 saturated heterocycles. The second-order valence-electron chi connectivity index (χ2n) is 4.37. The summed E-state index contributed by atoms with van der Waals surface area (Å²) in [5.41, 5.74) is 4.95. The number of H-pyrrole nitrogens is 1. The number of hydrogen-bond donors (Lipinski definition) is 1. The summed E-state index contributed by atoms with van der Waals surface area (Å²) < 4.78 is 2.71. The number of hydrogen-bond acceptors (Lipinski definition) is 2. The van der Waals surface area contributed by atoms with Crippen molar-refractivity contribution in [2.75, 3.05) is 0 Å². The molecule has 1 aromatic carbocycles. The first-order valence-corrected chi connectivity index (χ1v) is 6.18. The zero-order valence-electron chi connectivity index (χ0n) is 10.7. The van der Waals surface area contributed by atoms with Gasteiger partial charge in [0.05, 0.1) is 0 Å². The van der Waals surface area contributed by atoms with Crippen LogP contribution in [0.3, 0.4) is 0 Å². The third kappa shape index (κ3) is 2.05. The number of nitrogens with zero attached hydrogens (tertiary/aromatic N) is 2. The molecule has 3 nitrogen and oxygen atoms in total. The normalized spacial score (nSPS) is 10.8. The zero-order chi connectivity index (χ0) is 12.6. The first-order valence-electron chi connectivity index (χ1n) is 5.78. The highest BCUT2D eigenvalue weighted by atomic mass is 32.1. The smallest absolute Gasteiger partial charge is 0.195 e. The molecule has 0 bridgehead atoms. The van der Waals surface area contributed by atoms with Gasteiger partial charge in [0.25, 0.3) is 0 Å². The highest BCUT2D eigenvalue weighted by molar-refractivity contribution is 7.71. The maximum Gasteiger partial charge on any atom is 0.195 e. The lowest BCUT2D eigenvalue weighted by Crippen LogP contribution is -2.01. The second-order valence-corrected chi connectivity index (χ2v) is 4.76. The average Bonchev–Trinajstić information content (AvgIpc) is 2.58. The molecular weight excluding hydrogens is 230 g/mol. The van der Waals surface area contributed by atoms with Gasteiger partial charge in [-0.25, -0.2) is 0 Å². The summed E-state index contributed by atoms with van der Waals surface area (Å²) in [5.74, 6) is 0.938. The highest BCUT2D eigenvalue weighted by Gasteiger charge is 2.13. The molecule has 0 unspecified atom stereocenters. The largest absolute Gasteiger partial charge is 0.300 e. The zero-order valence-corrected chi connectivity index (χ0v) is 11.5. The van der Waals surface area contributed by atoms with Gasteiger partial charge in [-0.15, -0.1) is 0 Å². The number of aromatic nitrogens is 3. The SMILES string of the molecule is CCn1c(-c2c(C)cc(C)cc2C)n[nH]c1=S. The Hall–Kier alpha value is -1.42. The fourth-order valence-corrected chi connectivity index (χ4v) is 2.60. The number of benzene rings is 1. The third-order valence-electron chi connectivity index (χ3n) is 2.98. The van der Waals surface area contributed by atoms with Crippen LogP contribution in [0.5, 0.6) is 0 Å². The number of rotatable bonds is 2. The maximum atomic E-state index is 5.23. The van der Waals surface area contributed by atoms with Gasteiger partial charge in [0.1, 0.15) is 0 Å². The van der Waals surface area contributed by atoms with E-state index in [1.54, 1.807) is 0 Å². The Balaban J connectivity index is 2.72. The van der Waals surface area contributed by atoms with Crippen LogP contribution in [0.25, 0.3) is 11.4 Å². The molecule has 0 radical (unpaired) electrons. The van der Waals surface area contributed by atoms with Gasteiger partial charge in [-0.3, -0.25) is 5.10 Å². The summed E-state index contributed by atoms with van der Waals surface area (Å²) in [5, 5.41) is 7.23. The molecule has 2 rings (SSSR count). The summed E-state index contributed by atoms with van der Waals surface area (Å²) in [4.78, 5) is 0. The van der Waals surface area contributed by atoms with E-state index in [1.165, 1.54) is 22.3 Å². The van der Waals surface area contributed by atoms with Crippen molar-refractivity contribution in [2.45, 2.75) is 34.2 Å². The van der Waals surface area contributed by atoms with E-state index in [4.69, 9.17) is 12.2 Å². The minimum atomic E-state index is 0.682. The topological polar surface area (TPSA) is 33.6 Å². The molecule has 0 atom stereocenters. The van der Waals surface area contributed by atoms with Crippen LogP contribution < -0.4 is 0 Å². The van der Waals surface area contributed by atoms with E-state index in [1.807, 2.05) is 4.57 Å². The average molecular weight is 247 g/mol. The Morgan fingerprint density at radius 1 is 1.24 bits per heavy atom. The van der Waals surface area contributed by atoms with Crippen LogP contribution in [-0.4, -0.2) is 14.8 Å². The molecule has 17 heavy (non-hydrogen) atoms. The molecule has 90 valence electrons. The third-order valence-corrected chi connectivity index (χ3v) is 3.29. The lowest BCUT2D eigenvalue weighted by atomic mass is 9.99. The molecule has 1 heterocycles. The number of aromatic amines is 1. The van der Waals surface area contributed by atoms with Crippen molar-refractivity contribution < 1.29 is 0 Å². The van der Waals surface area contributed by atoms with Crippen molar-refractivity contribution in [1.29, 1.82) is 0 Å². The van der Waals surface area contributed by atoms with Crippen LogP contribution >= 0.6 is 12.2 Å². The molecule has 0 aliphatic rings. The standard InChI is InChI=1S/C13H17N3S/c1-5-16-12(14-15-13(16)17)11-9(3)6-8(2)7-10(11)4/h6-7H,5H2,1-4H3,(H,15,17). The van der Waals surface area contributed by atoms with E-state index in [2.05, 4.69) is 50.0 Å². The van der Waals surface area contributed by atoms with Crippen molar-refractivity contribution in [2.24, 2.45) is 0 Å². The van der Waals surface area contributed by atoms with E-state index in [0.717, 1.165) is 12.4 Å². The first kappa shape index (κ1) is 12.0. The fraction of sp³-hybridized carbons (Fsp3) is 0.385. The van der Waals surface area contributed by atoms with Gasteiger partial charge >= 0.3 is 0 Å². The van der Waals surface area contributed by atoms with Gasteiger partial charge in [0, 0.05) is 12.1 Å². The van der Waals surface area contributed by atoms with Gasteiger partial charge < -0.3 is 4.57 Å². The van der Waals surface area contributed by atoms with E-state index in [9.17, 15) is 0 Å². The second kappa shape index (κ2) is 4.45. The van der Waals surface area contributed by atoms with E-state index in [0.29, 0.717) is 4.77 Å². The van der Waals surface area contributed by atoms with E-state index >= 15 is 0 Å². The summed E-state index contributed by atoms with van der Waals surface area (Å²) in [6.07, 6.45) is 0. The quantitative estimate of drug-likeness (QED) is 0.823. The summed E-state index contributed by atoms with van der Waals surface area (Å²) in [6, 6.07) is 4.36. The van der Waals surface area contributed by atoms with Crippen LogP contribution in [-0.2, 0) is 6.54 Å². The van der Waals surface area contributed by atoms with Crippen LogP contribution in [0.1, 0.15) is 23.6 Å². The molecule has 2 aromatic rings. The van der Waals surface area contributed by atoms with E-state index in [-0.39, 0.29) is 0 Å². The van der Waals surface area contributed by atoms with Crippen molar-refractivity contribution in [1.82, 2.24) is 14.8 Å². The molecule has 0 fully saturated rings. The van der Waals surface area contributed by atoms with Crippen LogP contribution in [0.2, 0.25) is 0 Å². The lowest BCUT2D eigenvalue weighted by Gasteiger charge is -2.11. The molecule has 0 amide bonds. The number of nitrogens with one attached hydrogen (secondary N) is 1. The molecule has 0 aliphatic heterocycles. The molecule has 0 saturated carbocycles. The van der Waals surface area contributed by atoms with Gasteiger partial charge in [-0.2, -0.15) is 5.10 Å².